The Morgan fingerprint density at radius 1 is 0.905 bits per heavy atom. The van der Waals surface area contributed by atoms with Gasteiger partial charge in [-0.25, -0.2) is 9.80 Å². The summed E-state index contributed by atoms with van der Waals surface area (Å²) >= 11 is 0. The van der Waals surface area contributed by atoms with Gasteiger partial charge in [-0.3, -0.25) is 9.59 Å². The molecule has 2 heterocycles. The minimum Gasteiger partial charge on any atom is -0.375 e. The van der Waals surface area contributed by atoms with Crippen LogP contribution in [0, 0.1) is 12.3 Å². The molecule has 3 aromatic rings. The Bertz CT molecular complexity index is 1400. The summed E-state index contributed by atoms with van der Waals surface area (Å²) in [5.41, 5.74) is 2.91. The Morgan fingerprint density at radius 3 is 2.17 bits per heavy atom. The second-order valence-corrected chi connectivity index (χ2v) is 10.3. The summed E-state index contributed by atoms with van der Waals surface area (Å²) < 4.78 is 5.90. The highest BCUT2D eigenvalue weighted by molar-refractivity contribution is 5.91. The van der Waals surface area contributed by atoms with Crippen LogP contribution in [0.5, 0.6) is 0 Å². The molecule has 42 heavy (non-hydrogen) atoms. The molecular formula is C33H35N5O4. The topological polar surface area (TPSA) is 85.4 Å². The van der Waals surface area contributed by atoms with Crippen LogP contribution in [0.4, 0.5) is 4.79 Å². The number of ether oxygens (including phenoxy) is 1. The maximum absolute atomic E-state index is 13.9. The second-order valence-electron chi connectivity index (χ2n) is 10.3. The van der Waals surface area contributed by atoms with Crippen molar-refractivity contribution in [2.45, 2.75) is 31.8 Å². The van der Waals surface area contributed by atoms with Crippen LogP contribution in [0.1, 0.15) is 16.7 Å². The molecule has 4 amide bonds. The summed E-state index contributed by atoms with van der Waals surface area (Å²) in [6.45, 7) is 1.49. The molecule has 0 aliphatic carbocycles. The number of rotatable bonds is 10. The molecule has 2 aliphatic heterocycles. The van der Waals surface area contributed by atoms with Crippen LogP contribution in [-0.2, 0) is 33.9 Å². The van der Waals surface area contributed by atoms with Crippen molar-refractivity contribution in [1.29, 1.82) is 0 Å². The standard InChI is InChI=1S/C33H35N5O4/c1-2-18-36-24-31(39)37-29(21-26-12-6-3-7-13-26)32(40)35(19-20-42-25-28-16-10-5-11-17-28)23-30(37)38(36)33(41)34-22-27-14-8-4-9-15-27/h1,3-17,29-30H,18-25H2,(H,34,41)/t29-,30?/m0/s1. The average Bonchev–Trinajstić information content (AvgIpc) is 3.01. The van der Waals surface area contributed by atoms with Gasteiger partial charge in [0.1, 0.15) is 12.2 Å². The van der Waals surface area contributed by atoms with Crippen molar-refractivity contribution in [3.8, 4) is 12.3 Å². The second kappa shape index (κ2) is 13.8. The summed E-state index contributed by atoms with van der Waals surface area (Å²) in [6, 6.07) is 27.9. The summed E-state index contributed by atoms with van der Waals surface area (Å²) in [6.07, 6.45) is 5.26. The van der Waals surface area contributed by atoms with Crippen LogP contribution < -0.4 is 5.32 Å². The predicted octanol–water partition coefficient (Wildman–Crippen LogP) is 2.89. The molecule has 0 spiro atoms. The number of hydrazine groups is 1. The number of hydrogen-bond acceptors (Lipinski definition) is 5. The van der Waals surface area contributed by atoms with Crippen molar-refractivity contribution in [3.63, 3.8) is 0 Å². The van der Waals surface area contributed by atoms with Crippen molar-refractivity contribution < 1.29 is 19.1 Å². The van der Waals surface area contributed by atoms with Crippen LogP contribution in [0.15, 0.2) is 91.0 Å². The minimum absolute atomic E-state index is 0.0757. The van der Waals surface area contributed by atoms with Gasteiger partial charge in [0.25, 0.3) is 0 Å². The maximum Gasteiger partial charge on any atom is 0.334 e. The van der Waals surface area contributed by atoms with E-state index in [1.54, 1.807) is 14.8 Å². The first kappa shape index (κ1) is 28.9. The summed E-state index contributed by atoms with van der Waals surface area (Å²) in [4.78, 5) is 44.5. The number of carbonyl (C=O) groups excluding carboxylic acids is 3. The van der Waals surface area contributed by atoms with E-state index in [9.17, 15) is 14.4 Å². The van der Waals surface area contributed by atoms with Crippen LogP contribution in [0.2, 0.25) is 0 Å². The summed E-state index contributed by atoms with van der Waals surface area (Å²) in [5.74, 6) is 2.17. The summed E-state index contributed by atoms with van der Waals surface area (Å²) in [7, 11) is 0. The third-order valence-corrected chi connectivity index (χ3v) is 7.49. The van der Waals surface area contributed by atoms with Gasteiger partial charge in [0.05, 0.1) is 32.8 Å². The van der Waals surface area contributed by atoms with Crippen molar-refractivity contribution >= 4 is 17.8 Å². The molecule has 9 heteroatoms. The van der Waals surface area contributed by atoms with Gasteiger partial charge in [-0.1, -0.05) is 96.9 Å². The molecule has 0 radical (unpaired) electrons. The Labute approximate surface area is 246 Å². The van der Waals surface area contributed by atoms with Gasteiger partial charge in [0.2, 0.25) is 11.8 Å². The highest BCUT2D eigenvalue weighted by atomic mass is 16.5. The fourth-order valence-electron chi connectivity index (χ4n) is 5.47. The first-order valence-electron chi connectivity index (χ1n) is 14.1. The number of piperazine rings is 1. The van der Waals surface area contributed by atoms with E-state index < -0.39 is 12.2 Å². The molecule has 2 saturated heterocycles. The van der Waals surface area contributed by atoms with Gasteiger partial charge in [-0.2, -0.15) is 5.01 Å². The number of nitrogens with zero attached hydrogens (tertiary/aromatic N) is 4. The number of urea groups is 1. The fraction of sp³-hybridized carbons (Fsp3) is 0.303. The molecule has 9 nitrogen and oxygen atoms in total. The molecule has 3 aromatic carbocycles. The first-order chi connectivity index (χ1) is 20.5. The number of amides is 4. The Balaban J connectivity index is 1.39. The lowest BCUT2D eigenvalue weighted by atomic mass is 9.99. The Hall–Kier alpha value is -4.65. The van der Waals surface area contributed by atoms with Crippen LogP contribution in [-0.4, -0.2) is 82.7 Å². The lowest BCUT2D eigenvalue weighted by Crippen LogP contribution is -2.76. The molecule has 1 unspecified atom stereocenters. The van der Waals surface area contributed by atoms with E-state index in [1.807, 2.05) is 91.0 Å². The zero-order valence-corrected chi connectivity index (χ0v) is 23.5. The molecule has 2 atom stereocenters. The first-order valence-corrected chi connectivity index (χ1v) is 14.1. The number of terminal acetylenes is 1. The quantitative estimate of drug-likeness (QED) is 0.302. The Morgan fingerprint density at radius 2 is 1.52 bits per heavy atom. The van der Waals surface area contributed by atoms with E-state index in [0.29, 0.717) is 32.7 Å². The number of fused-ring (bicyclic) bond motifs is 1. The van der Waals surface area contributed by atoms with E-state index in [2.05, 4.69) is 11.2 Å². The highest BCUT2D eigenvalue weighted by Crippen LogP contribution is 2.28. The number of nitrogens with one attached hydrogen (secondary N) is 1. The third-order valence-electron chi connectivity index (χ3n) is 7.49. The van der Waals surface area contributed by atoms with E-state index in [1.165, 1.54) is 5.01 Å². The fourth-order valence-corrected chi connectivity index (χ4v) is 5.47. The molecule has 1 N–H and O–H groups in total. The molecule has 5 rings (SSSR count). The monoisotopic (exact) mass is 565 g/mol. The molecular weight excluding hydrogens is 530 g/mol. The van der Waals surface area contributed by atoms with Crippen LogP contribution in [0.3, 0.4) is 0 Å². The lowest BCUT2D eigenvalue weighted by Gasteiger charge is -2.54. The van der Waals surface area contributed by atoms with Gasteiger partial charge >= 0.3 is 6.03 Å². The van der Waals surface area contributed by atoms with Gasteiger partial charge in [-0.05, 0) is 16.7 Å². The van der Waals surface area contributed by atoms with Crippen LogP contribution in [0.25, 0.3) is 0 Å². The summed E-state index contributed by atoms with van der Waals surface area (Å²) in [5, 5.41) is 6.08. The number of benzene rings is 3. The van der Waals surface area contributed by atoms with E-state index in [0.717, 1.165) is 16.7 Å². The smallest absolute Gasteiger partial charge is 0.334 e. The van der Waals surface area contributed by atoms with Crippen molar-refractivity contribution in [2.75, 3.05) is 32.8 Å². The predicted molar refractivity (Wildman–Crippen MR) is 158 cm³/mol. The lowest BCUT2D eigenvalue weighted by molar-refractivity contribution is -0.189. The van der Waals surface area contributed by atoms with E-state index in [4.69, 9.17) is 11.2 Å². The van der Waals surface area contributed by atoms with Crippen LogP contribution >= 0.6 is 0 Å². The maximum atomic E-state index is 13.9. The molecule has 2 fully saturated rings. The Kier molecular flexibility index (Phi) is 9.49. The molecule has 2 aliphatic rings. The third kappa shape index (κ3) is 6.79. The van der Waals surface area contributed by atoms with Crippen molar-refractivity contribution in [2.24, 2.45) is 0 Å². The van der Waals surface area contributed by atoms with E-state index >= 15 is 0 Å². The largest absolute Gasteiger partial charge is 0.375 e. The minimum atomic E-state index is -0.773. The average molecular weight is 566 g/mol. The highest BCUT2D eigenvalue weighted by Gasteiger charge is 2.51. The van der Waals surface area contributed by atoms with Gasteiger partial charge in [0.15, 0.2) is 0 Å². The van der Waals surface area contributed by atoms with Gasteiger partial charge in [-0.15, -0.1) is 6.42 Å². The molecule has 216 valence electrons. The van der Waals surface area contributed by atoms with E-state index in [-0.39, 0.29) is 37.5 Å². The van der Waals surface area contributed by atoms with Gasteiger partial charge < -0.3 is 19.9 Å². The molecule has 0 bridgehead atoms. The number of hydrogen-bond donors (Lipinski definition) is 1. The molecule has 0 aromatic heterocycles. The SMILES string of the molecule is C#CCN1CC(=O)N2C(CN(CCOCc3ccccc3)C(=O)[C@@H]2Cc2ccccc2)N1C(=O)NCc1ccccc1. The van der Waals surface area contributed by atoms with Crippen molar-refractivity contribution in [1.82, 2.24) is 25.1 Å². The number of carbonyl (C=O) groups is 3. The van der Waals surface area contributed by atoms with Crippen molar-refractivity contribution in [3.05, 3.63) is 108 Å². The zero-order valence-electron chi connectivity index (χ0n) is 23.5. The molecule has 0 saturated carbocycles. The van der Waals surface area contributed by atoms with Gasteiger partial charge in [0, 0.05) is 19.5 Å². The normalized spacial score (nSPS) is 18.9. The zero-order chi connectivity index (χ0) is 29.3.